The largest absolute Gasteiger partial charge is 0.380 e. The summed E-state index contributed by atoms with van der Waals surface area (Å²) >= 11 is 0. The first-order valence-corrected chi connectivity index (χ1v) is 7.54. The third-order valence-electron chi connectivity index (χ3n) is 3.64. The van der Waals surface area contributed by atoms with Crippen molar-refractivity contribution >= 4 is 5.69 Å². The Hall–Kier alpha value is -1.03. The van der Waals surface area contributed by atoms with E-state index in [1.54, 1.807) is 0 Å². The molecule has 1 aliphatic heterocycles. The Morgan fingerprint density at radius 3 is 2.95 bits per heavy atom. The maximum absolute atomic E-state index is 5.63. The van der Waals surface area contributed by atoms with Gasteiger partial charge in [-0.2, -0.15) is 5.10 Å². The van der Waals surface area contributed by atoms with Crippen LogP contribution in [0.15, 0.2) is 12.4 Å². The summed E-state index contributed by atoms with van der Waals surface area (Å²) in [6.07, 6.45) is 9.17. The molecular weight excluding hydrogens is 238 g/mol. The Kier molecular flexibility index (Phi) is 5.25. The Morgan fingerprint density at radius 1 is 1.42 bits per heavy atom. The van der Waals surface area contributed by atoms with E-state index in [4.69, 9.17) is 4.74 Å². The van der Waals surface area contributed by atoms with Gasteiger partial charge in [0.1, 0.15) is 0 Å². The second-order valence-electron chi connectivity index (χ2n) is 6.10. The van der Waals surface area contributed by atoms with Gasteiger partial charge in [-0.25, -0.2) is 0 Å². The molecule has 1 aromatic heterocycles. The Morgan fingerprint density at radius 2 is 2.26 bits per heavy atom. The molecule has 1 aromatic rings. The Bertz CT molecular complexity index is 369. The average Bonchev–Trinajstić information content (AvgIpc) is 2.99. The number of hydrogen-bond acceptors (Lipinski definition) is 3. The zero-order chi connectivity index (χ0) is 13.7. The number of aromatic nitrogens is 2. The summed E-state index contributed by atoms with van der Waals surface area (Å²) in [7, 11) is 0. The van der Waals surface area contributed by atoms with Crippen molar-refractivity contribution in [2.45, 2.75) is 65.1 Å². The zero-order valence-electron chi connectivity index (χ0n) is 12.4. The molecule has 0 saturated carbocycles. The van der Waals surface area contributed by atoms with Crippen molar-refractivity contribution in [1.29, 1.82) is 0 Å². The molecule has 4 nitrogen and oxygen atoms in total. The van der Waals surface area contributed by atoms with Gasteiger partial charge >= 0.3 is 0 Å². The lowest BCUT2D eigenvalue weighted by atomic mass is 10.0. The highest BCUT2D eigenvalue weighted by atomic mass is 16.5. The molecule has 108 valence electrons. The minimum atomic E-state index is 0.353. The van der Waals surface area contributed by atoms with E-state index < -0.39 is 0 Å². The SMILES string of the molecule is CC(C)CCC(C)Nc1cnn(CC2CCCO2)c1. The highest BCUT2D eigenvalue weighted by Crippen LogP contribution is 2.16. The van der Waals surface area contributed by atoms with Crippen molar-refractivity contribution in [2.75, 3.05) is 11.9 Å². The Labute approximate surface area is 116 Å². The third kappa shape index (κ3) is 4.86. The lowest BCUT2D eigenvalue weighted by Gasteiger charge is -2.14. The minimum absolute atomic E-state index is 0.353. The highest BCUT2D eigenvalue weighted by molar-refractivity contribution is 5.39. The van der Waals surface area contributed by atoms with Gasteiger partial charge in [-0.1, -0.05) is 13.8 Å². The second-order valence-corrected chi connectivity index (χ2v) is 6.10. The van der Waals surface area contributed by atoms with E-state index in [1.807, 2.05) is 10.9 Å². The number of ether oxygens (including phenoxy) is 1. The van der Waals surface area contributed by atoms with Gasteiger partial charge in [0.25, 0.3) is 0 Å². The van der Waals surface area contributed by atoms with E-state index in [2.05, 4.69) is 37.4 Å². The van der Waals surface area contributed by atoms with Crippen LogP contribution in [0.4, 0.5) is 5.69 Å². The fourth-order valence-electron chi connectivity index (χ4n) is 2.47. The smallest absolute Gasteiger partial charge is 0.0771 e. The highest BCUT2D eigenvalue weighted by Gasteiger charge is 2.16. The molecule has 0 aliphatic carbocycles. The van der Waals surface area contributed by atoms with Crippen LogP contribution in [0.25, 0.3) is 0 Å². The lowest BCUT2D eigenvalue weighted by Crippen LogP contribution is -2.16. The number of nitrogens with zero attached hydrogens (tertiary/aromatic N) is 2. The lowest BCUT2D eigenvalue weighted by molar-refractivity contribution is 0.0940. The quantitative estimate of drug-likeness (QED) is 0.822. The molecule has 2 unspecified atom stereocenters. The molecule has 2 heterocycles. The summed E-state index contributed by atoms with van der Waals surface area (Å²) in [5.41, 5.74) is 1.12. The Balaban J connectivity index is 1.76. The maximum Gasteiger partial charge on any atom is 0.0771 e. The standard InChI is InChI=1S/C15H27N3O/c1-12(2)6-7-13(3)17-14-9-16-18(10-14)11-15-5-4-8-19-15/h9-10,12-13,15,17H,4-8,11H2,1-3H3. The molecule has 19 heavy (non-hydrogen) atoms. The van der Waals surface area contributed by atoms with Crippen molar-refractivity contribution < 1.29 is 4.74 Å². The summed E-state index contributed by atoms with van der Waals surface area (Å²) in [4.78, 5) is 0. The molecule has 1 N–H and O–H groups in total. The summed E-state index contributed by atoms with van der Waals surface area (Å²) in [5, 5.41) is 7.92. The van der Waals surface area contributed by atoms with Gasteiger partial charge < -0.3 is 10.1 Å². The molecule has 2 rings (SSSR count). The van der Waals surface area contributed by atoms with E-state index in [1.165, 1.54) is 19.3 Å². The van der Waals surface area contributed by atoms with Crippen LogP contribution >= 0.6 is 0 Å². The van der Waals surface area contributed by atoms with Crippen LogP contribution < -0.4 is 5.32 Å². The average molecular weight is 265 g/mol. The molecule has 0 aromatic carbocycles. The molecule has 0 radical (unpaired) electrons. The monoisotopic (exact) mass is 265 g/mol. The first-order chi connectivity index (χ1) is 9.13. The fourth-order valence-corrected chi connectivity index (χ4v) is 2.47. The van der Waals surface area contributed by atoms with Gasteiger partial charge in [0, 0.05) is 18.8 Å². The number of nitrogens with one attached hydrogen (secondary N) is 1. The molecular formula is C15H27N3O. The summed E-state index contributed by atoms with van der Waals surface area (Å²) in [6, 6.07) is 0.503. The maximum atomic E-state index is 5.63. The van der Waals surface area contributed by atoms with Crippen molar-refractivity contribution in [3.8, 4) is 0 Å². The van der Waals surface area contributed by atoms with Crippen LogP contribution in [0.3, 0.4) is 0 Å². The zero-order valence-corrected chi connectivity index (χ0v) is 12.4. The van der Waals surface area contributed by atoms with Crippen molar-refractivity contribution in [2.24, 2.45) is 5.92 Å². The molecule has 0 amide bonds. The summed E-state index contributed by atoms with van der Waals surface area (Å²) in [5.74, 6) is 0.770. The number of anilines is 1. The van der Waals surface area contributed by atoms with E-state index in [0.29, 0.717) is 12.1 Å². The molecule has 4 heteroatoms. The van der Waals surface area contributed by atoms with Crippen LogP contribution in [0.1, 0.15) is 46.5 Å². The number of rotatable bonds is 7. The van der Waals surface area contributed by atoms with Gasteiger partial charge in [-0.05, 0) is 38.5 Å². The van der Waals surface area contributed by atoms with Gasteiger partial charge in [0.05, 0.1) is 24.5 Å². The van der Waals surface area contributed by atoms with Gasteiger partial charge in [-0.3, -0.25) is 4.68 Å². The minimum Gasteiger partial charge on any atom is -0.380 e. The van der Waals surface area contributed by atoms with Crippen LogP contribution in [0.5, 0.6) is 0 Å². The van der Waals surface area contributed by atoms with E-state index in [-0.39, 0.29) is 0 Å². The third-order valence-corrected chi connectivity index (χ3v) is 3.64. The topological polar surface area (TPSA) is 39.1 Å². The van der Waals surface area contributed by atoms with Crippen LogP contribution in [0.2, 0.25) is 0 Å². The molecule has 2 atom stereocenters. The van der Waals surface area contributed by atoms with Crippen molar-refractivity contribution in [1.82, 2.24) is 9.78 Å². The first kappa shape index (κ1) is 14.4. The van der Waals surface area contributed by atoms with Crippen LogP contribution in [-0.4, -0.2) is 28.5 Å². The first-order valence-electron chi connectivity index (χ1n) is 7.54. The molecule has 1 fully saturated rings. The normalized spacial score (nSPS) is 20.9. The predicted molar refractivity (Wildman–Crippen MR) is 78.4 cm³/mol. The van der Waals surface area contributed by atoms with E-state index >= 15 is 0 Å². The molecule has 1 aliphatic rings. The van der Waals surface area contributed by atoms with Gasteiger partial charge in [0.15, 0.2) is 0 Å². The van der Waals surface area contributed by atoms with Crippen molar-refractivity contribution in [3.63, 3.8) is 0 Å². The summed E-state index contributed by atoms with van der Waals surface area (Å²) < 4.78 is 7.62. The van der Waals surface area contributed by atoms with Gasteiger partial charge in [-0.15, -0.1) is 0 Å². The van der Waals surface area contributed by atoms with Crippen LogP contribution in [0, 0.1) is 5.92 Å². The molecule has 0 bridgehead atoms. The summed E-state index contributed by atoms with van der Waals surface area (Å²) in [6.45, 7) is 8.56. The van der Waals surface area contributed by atoms with E-state index in [9.17, 15) is 0 Å². The fraction of sp³-hybridized carbons (Fsp3) is 0.800. The van der Waals surface area contributed by atoms with Gasteiger partial charge in [0.2, 0.25) is 0 Å². The predicted octanol–water partition coefficient (Wildman–Crippen LogP) is 3.30. The number of hydrogen-bond donors (Lipinski definition) is 1. The van der Waals surface area contributed by atoms with E-state index in [0.717, 1.165) is 31.2 Å². The van der Waals surface area contributed by atoms with Crippen LogP contribution in [-0.2, 0) is 11.3 Å². The van der Waals surface area contributed by atoms with Crippen molar-refractivity contribution in [3.05, 3.63) is 12.4 Å². The molecule has 1 saturated heterocycles. The molecule has 0 spiro atoms. The second kappa shape index (κ2) is 6.94.